The lowest BCUT2D eigenvalue weighted by molar-refractivity contribution is 1.09. The van der Waals surface area contributed by atoms with Crippen molar-refractivity contribution in [2.45, 2.75) is 6.92 Å². The largest absolute Gasteiger partial charge is 0.261 e. The van der Waals surface area contributed by atoms with Crippen molar-refractivity contribution in [2.75, 3.05) is 0 Å². The average Bonchev–Trinajstić information content (AvgIpc) is 2.94. The van der Waals surface area contributed by atoms with Crippen molar-refractivity contribution < 1.29 is 0 Å². The molecule has 0 aliphatic heterocycles. The standard InChI is InChI=1S/C13H10N4S/c1-9-2-3-10(13-17-16-8-18-13)6-11(9)12-7-14-4-5-15-12/h2-8H,1H3. The summed E-state index contributed by atoms with van der Waals surface area (Å²) < 4.78 is 0. The van der Waals surface area contributed by atoms with Crippen molar-refractivity contribution in [3.05, 3.63) is 47.9 Å². The second-order valence-corrected chi connectivity index (χ2v) is 4.70. The quantitative estimate of drug-likeness (QED) is 0.705. The molecule has 2 heterocycles. The number of nitrogens with zero attached hydrogens (tertiary/aromatic N) is 4. The molecule has 0 aliphatic rings. The van der Waals surface area contributed by atoms with Crippen LogP contribution in [0.4, 0.5) is 0 Å². The molecule has 0 fully saturated rings. The molecule has 0 bridgehead atoms. The van der Waals surface area contributed by atoms with E-state index in [4.69, 9.17) is 0 Å². The molecule has 0 radical (unpaired) electrons. The van der Waals surface area contributed by atoms with Crippen molar-refractivity contribution in [2.24, 2.45) is 0 Å². The molecule has 18 heavy (non-hydrogen) atoms. The molecule has 0 unspecified atom stereocenters. The molecular formula is C13H10N4S. The molecule has 0 saturated heterocycles. The van der Waals surface area contributed by atoms with Gasteiger partial charge in [-0.05, 0) is 18.6 Å². The smallest absolute Gasteiger partial charge is 0.147 e. The van der Waals surface area contributed by atoms with Gasteiger partial charge in [0.05, 0.1) is 11.9 Å². The van der Waals surface area contributed by atoms with Crippen LogP contribution in [-0.4, -0.2) is 20.2 Å². The molecule has 5 heteroatoms. The van der Waals surface area contributed by atoms with Gasteiger partial charge in [0.1, 0.15) is 10.5 Å². The summed E-state index contributed by atoms with van der Waals surface area (Å²) in [4.78, 5) is 8.44. The Morgan fingerprint density at radius 3 is 2.83 bits per heavy atom. The lowest BCUT2D eigenvalue weighted by Crippen LogP contribution is -1.89. The van der Waals surface area contributed by atoms with Crippen molar-refractivity contribution in [1.29, 1.82) is 0 Å². The summed E-state index contributed by atoms with van der Waals surface area (Å²) in [5.74, 6) is 0. The Morgan fingerprint density at radius 2 is 2.11 bits per heavy atom. The summed E-state index contributed by atoms with van der Waals surface area (Å²) >= 11 is 1.53. The number of hydrogen-bond acceptors (Lipinski definition) is 5. The fourth-order valence-corrected chi connectivity index (χ4v) is 2.32. The van der Waals surface area contributed by atoms with Crippen LogP contribution in [0.1, 0.15) is 5.56 Å². The predicted molar refractivity (Wildman–Crippen MR) is 71.1 cm³/mol. The van der Waals surface area contributed by atoms with Crippen LogP contribution in [0.25, 0.3) is 21.8 Å². The topological polar surface area (TPSA) is 51.6 Å². The monoisotopic (exact) mass is 254 g/mol. The van der Waals surface area contributed by atoms with E-state index in [1.807, 2.05) is 0 Å². The zero-order valence-electron chi connectivity index (χ0n) is 9.74. The first-order valence-electron chi connectivity index (χ1n) is 5.48. The van der Waals surface area contributed by atoms with Crippen LogP contribution in [0.15, 0.2) is 42.3 Å². The maximum Gasteiger partial charge on any atom is 0.147 e. The third-order valence-electron chi connectivity index (χ3n) is 2.68. The highest BCUT2D eigenvalue weighted by atomic mass is 32.1. The van der Waals surface area contributed by atoms with Gasteiger partial charge in [-0.1, -0.05) is 23.5 Å². The van der Waals surface area contributed by atoms with E-state index in [1.165, 1.54) is 16.9 Å². The van der Waals surface area contributed by atoms with E-state index in [1.54, 1.807) is 24.1 Å². The zero-order valence-corrected chi connectivity index (χ0v) is 10.6. The first-order chi connectivity index (χ1) is 8.84. The Balaban J connectivity index is 2.13. The van der Waals surface area contributed by atoms with E-state index in [0.29, 0.717) is 0 Å². The minimum atomic E-state index is 0.876. The first kappa shape index (κ1) is 11.0. The highest BCUT2D eigenvalue weighted by Gasteiger charge is 2.07. The summed E-state index contributed by atoms with van der Waals surface area (Å²) in [6.45, 7) is 2.06. The van der Waals surface area contributed by atoms with Crippen LogP contribution >= 0.6 is 11.3 Å². The fourth-order valence-electron chi connectivity index (χ4n) is 1.77. The molecule has 4 nitrogen and oxygen atoms in total. The van der Waals surface area contributed by atoms with Crippen LogP contribution in [0.5, 0.6) is 0 Å². The Kier molecular flexibility index (Phi) is 2.82. The molecule has 1 aromatic carbocycles. The summed E-state index contributed by atoms with van der Waals surface area (Å²) in [6.07, 6.45) is 5.14. The Hall–Kier alpha value is -2.14. The maximum absolute atomic E-state index is 4.34. The van der Waals surface area contributed by atoms with Crippen LogP contribution in [0.2, 0.25) is 0 Å². The molecule has 0 spiro atoms. The van der Waals surface area contributed by atoms with Crippen molar-refractivity contribution in [1.82, 2.24) is 20.2 Å². The normalized spacial score (nSPS) is 10.5. The van der Waals surface area contributed by atoms with Gasteiger partial charge >= 0.3 is 0 Å². The number of hydrogen-bond donors (Lipinski definition) is 0. The van der Waals surface area contributed by atoms with E-state index in [0.717, 1.165) is 21.8 Å². The Morgan fingerprint density at radius 1 is 1.17 bits per heavy atom. The minimum absolute atomic E-state index is 0.876. The van der Waals surface area contributed by atoms with Gasteiger partial charge < -0.3 is 0 Å². The number of aromatic nitrogens is 4. The number of rotatable bonds is 2. The average molecular weight is 254 g/mol. The molecule has 3 aromatic rings. The minimum Gasteiger partial charge on any atom is -0.261 e. The molecule has 0 amide bonds. The second kappa shape index (κ2) is 4.62. The van der Waals surface area contributed by atoms with Crippen LogP contribution in [-0.2, 0) is 0 Å². The van der Waals surface area contributed by atoms with Gasteiger partial charge in [0, 0.05) is 23.5 Å². The van der Waals surface area contributed by atoms with E-state index >= 15 is 0 Å². The third-order valence-corrected chi connectivity index (χ3v) is 3.42. The van der Waals surface area contributed by atoms with Crippen LogP contribution in [0.3, 0.4) is 0 Å². The molecule has 0 atom stereocenters. The highest BCUT2D eigenvalue weighted by Crippen LogP contribution is 2.28. The van der Waals surface area contributed by atoms with Gasteiger partial charge in [0.2, 0.25) is 0 Å². The van der Waals surface area contributed by atoms with Crippen LogP contribution < -0.4 is 0 Å². The van der Waals surface area contributed by atoms with Gasteiger partial charge in [0.15, 0.2) is 0 Å². The van der Waals surface area contributed by atoms with Crippen molar-refractivity contribution in [3.8, 4) is 21.8 Å². The van der Waals surface area contributed by atoms with Gasteiger partial charge in [-0.15, -0.1) is 10.2 Å². The molecule has 0 N–H and O–H groups in total. The number of aryl methyl sites for hydroxylation is 1. The highest BCUT2D eigenvalue weighted by molar-refractivity contribution is 7.12. The summed E-state index contributed by atoms with van der Waals surface area (Å²) in [5.41, 5.74) is 5.92. The third kappa shape index (κ3) is 2.00. The Bertz CT molecular complexity index is 650. The van der Waals surface area contributed by atoms with E-state index in [-0.39, 0.29) is 0 Å². The van der Waals surface area contributed by atoms with E-state index in [9.17, 15) is 0 Å². The first-order valence-corrected chi connectivity index (χ1v) is 6.36. The van der Waals surface area contributed by atoms with E-state index in [2.05, 4.69) is 45.3 Å². The number of benzene rings is 1. The van der Waals surface area contributed by atoms with Gasteiger partial charge in [-0.2, -0.15) is 0 Å². The summed E-state index contributed by atoms with van der Waals surface area (Å²) in [7, 11) is 0. The predicted octanol–water partition coefficient (Wildman–Crippen LogP) is 2.97. The molecule has 0 saturated carbocycles. The summed E-state index contributed by atoms with van der Waals surface area (Å²) in [6, 6.07) is 6.20. The van der Waals surface area contributed by atoms with Gasteiger partial charge in [-0.25, -0.2) is 0 Å². The maximum atomic E-state index is 4.34. The lowest BCUT2D eigenvalue weighted by Gasteiger charge is -2.06. The van der Waals surface area contributed by atoms with Gasteiger partial charge in [-0.3, -0.25) is 9.97 Å². The van der Waals surface area contributed by atoms with E-state index < -0.39 is 0 Å². The van der Waals surface area contributed by atoms with Crippen molar-refractivity contribution in [3.63, 3.8) is 0 Å². The lowest BCUT2D eigenvalue weighted by atomic mass is 10.0. The molecule has 2 aromatic heterocycles. The Labute approximate surface area is 108 Å². The van der Waals surface area contributed by atoms with Crippen LogP contribution in [0, 0.1) is 6.92 Å². The van der Waals surface area contributed by atoms with Crippen molar-refractivity contribution >= 4 is 11.3 Å². The van der Waals surface area contributed by atoms with Gasteiger partial charge in [0.25, 0.3) is 0 Å². The SMILES string of the molecule is Cc1ccc(-c2nncs2)cc1-c1cnccn1. The fraction of sp³-hybridized carbons (Fsp3) is 0.0769. The zero-order chi connectivity index (χ0) is 12.4. The molecule has 0 aliphatic carbocycles. The molecular weight excluding hydrogens is 244 g/mol. The molecule has 88 valence electrons. The summed E-state index contributed by atoms with van der Waals surface area (Å²) in [5, 5.41) is 8.86. The second-order valence-electron chi connectivity index (χ2n) is 3.86. The molecule has 3 rings (SSSR count).